The van der Waals surface area contributed by atoms with Crippen molar-refractivity contribution in [3.05, 3.63) is 63.2 Å². The van der Waals surface area contributed by atoms with E-state index in [9.17, 15) is 28.1 Å². The number of rotatable bonds is 4. The number of hydrogen-bond acceptors (Lipinski definition) is 4. The van der Waals surface area contributed by atoms with Crippen LogP contribution in [-0.2, 0) is 0 Å². The van der Waals surface area contributed by atoms with Crippen molar-refractivity contribution in [2.24, 2.45) is 0 Å². The van der Waals surface area contributed by atoms with Crippen LogP contribution in [0.4, 0.5) is 24.5 Å². The first-order chi connectivity index (χ1) is 11.2. The molecule has 2 aromatic rings. The summed E-state index contributed by atoms with van der Waals surface area (Å²) in [4.78, 5) is 22.3. The molecule has 126 valence electrons. The van der Waals surface area contributed by atoms with Crippen molar-refractivity contribution in [1.82, 2.24) is 0 Å². The van der Waals surface area contributed by atoms with E-state index in [1.807, 2.05) is 0 Å². The third-order valence-electron chi connectivity index (χ3n) is 2.73. The molecule has 0 radical (unpaired) electrons. The van der Waals surface area contributed by atoms with Crippen LogP contribution in [0.3, 0.4) is 0 Å². The van der Waals surface area contributed by atoms with Gasteiger partial charge in [0.05, 0.1) is 4.92 Å². The van der Waals surface area contributed by atoms with Crippen LogP contribution in [0.2, 0.25) is 5.02 Å². The molecule has 1 amide bonds. The fourth-order valence-electron chi connectivity index (χ4n) is 1.82. The molecule has 0 heterocycles. The van der Waals surface area contributed by atoms with Gasteiger partial charge in [-0.3, -0.25) is 14.9 Å². The van der Waals surface area contributed by atoms with Crippen molar-refractivity contribution in [3.63, 3.8) is 0 Å². The molecular weight excluding hydrogens is 353 g/mol. The standard InChI is InChI=1S/C14H8ClF3N2O4/c15-8-4-5-11(12(6-8)20(22)23)13(21)19-9-2-1-3-10(7-9)24-14(16,17)18/h1-7H,(H,19,21). The van der Waals surface area contributed by atoms with Gasteiger partial charge in [0.25, 0.3) is 11.6 Å². The number of ether oxygens (including phenoxy) is 1. The van der Waals surface area contributed by atoms with E-state index in [1.54, 1.807) is 0 Å². The van der Waals surface area contributed by atoms with Crippen molar-refractivity contribution in [1.29, 1.82) is 0 Å². The fourth-order valence-corrected chi connectivity index (χ4v) is 1.98. The fraction of sp³-hybridized carbons (Fsp3) is 0.0714. The summed E-state index contributed by atoms with van der Waals surface area (Å²) in [5, 5.41) is 13.3. The Balaban J connectivity index is 2.25. The molecule has 2 aromatic carbocycles. The molecule has 0 atom stereocenters. The molecule has 0 aromatic heterocycles. The van der Waals surface area contributed by atoms with E-state index in [-0.39, 0.29) is 16.3 Å². The zero-order valence-corrected chi connectivity index (χ0v) is 12.4. The van der Waals surface area contributed by atoms with Crippen molar-refractivity contribution in [2.75, 3.05) is 5.32 Å². The number of nitrogens with one attached hydrogen (secondary N) is 1. The minimum Gasteiger partial charge on any atom is -0.406 e. The lowest BCUT2D eigenvalue weighted by atomic mass is 10.1. The zero-order valence-electron chi connectivity index (χ0n) is 11.6. The van der Waals surface area contributed by atoms with Gasteiger partial charge in [-0.2, -0.15) is 0 Å². The zero-order chi connectivity index (χ0) is 17.9. The second kappa shape index (κ2) is 6.75. The van der Waals surface area contributed by atoms with Gasteiger partial charge in [-0.25, -0.2) is 0 Å². The van der Waals surface area contributed by atoms with Gasteiger partial charge in [-0.15, -0.1) is 13.2 Å². The number of hydrogen-bond donors (Lipinski definition) is 1. The first-order valence-electron chi connectivity index (χ1n) is 6.27. The molecule has 0 spiro atoms. The van der Waals surface area contributed by atoms with E-state index >= 15 is 0 Å². The number of nitro benzene ring substituents is 1. The van der Waals surface area contributed by atoms with Gasteiger partial charge in [0, 0.05) is 22.8 Å². The van der Waals surface area contributed by atoms with Gasteiger partial charge >= 0.3 is 6.36 Å². The lowest BCUT2D eigenvalue weighted by Gasteiger charge is -2.11. The van der Waals surface area contributed by atoms with E-state index in [0.717, 1.165) is 24.3 Å². The number of amides is 1. The Bertz CT molecular complexity index is 796. The van der Waals surface area contributed by atoms with E-state index in [2.05, 4.69) is 10.1 Å². The molecule has 6 nitrogen and oxygen atoms in total. The molecule has 0 aliphatic heterocycles. The predicted octanol–water partition coefficient (Wildman–Crippen LogP) is 4.40. The van der Waals surface area contributed by atoms with Crippen molar-refractivity contribution in [2.45, 2.75) is 6.36 Å². The molecule has 10 heteroatoms. The SMILES string of the molecule is O=C(Nc1cccc(OC(F)(F)F)c1)c1ccc(Cl)cc1[N+](=O)[O-]. The summed E-state index contributed by atoms with van der Waals surface area (Å²) in [6, 6.07) is 7.95. The Hall–Kier alpha value is -2.81. The number of alkyl halides is 3. The number of nitrogens with zero attached hydrogens (tertiary/aromatic N) is 1. The summed E-state index contributed by atoms with van der Waals surface area (Å²) >= 11 is 5.65. The molecule has 24 heavy (non-hydrogen) atoms. The summed E-state index contributed by atoms with van der Waals surface area (Å²) in [6.07, 6.45) is -4.88. The summed E-state index contributed by atoms with van der Waals surface area (Å²) in [5.41, 5.74) is -0.833. The monoisotopic (exact) mass is 360 g/mol. The topological polar surface area (TPSA) is 81.5 Å². The molecule has 0 aliphatic rings. The van der Waals surface area contributed by atoms with Gasteiger partial charge < -0.3 is 10.1 Å². The normalized spacial score (nSPS) is 11.0. The number of carbonyl (C=O) groups excluding carboxylic acids is 1. The largest absolute Gasteiger partial charge is 0.573 e. The molecule has 2 rings (SSSR count). The number of carbonyl (C=O) groups is 1. The third-order valence-corrected chi connectivity index (χ3v) is 2.96. The molecule has 0 saturated heterocycles. The Morgan fingerprint density at radius 3 is 2.54 bits per heavy atom. The summed E-state index contributed by atoms with van der Waals surface area (Å²) in [6.45, 7) is 0. The second-order valence-corrected chi connectivity index (χ2v) is 4.88. The van der Waals surface area contributed by atoms with Gasteiger partial charge in [0.1, 0.15) is 11.3 Å². The van der Waals surface area contributed by atoms with E-state index in [0.29, 0.717) is 0 Å². The van der Waals surface area contributed by atoms with Crippen molar-refractivity contribution < 1.29 is 27.6 Å². The lowest BCUT2D eigenvalue weighted by Crippen LogP contribution is -2.17. The van der Waals surface area contributed by atoms with Crippen LogP contribution in [-0.4, -0.2) is 17.2 Å². The first-order valence-corrected chi connectivity index (χ1v) is 6.64. The number of benzene rings is 2. The molecule has 0 unspecified atom stereocenters. The van der Waals surface area contributed by atoms with Gasteiger partial charge in [0.2, 0.25) is 0 Å². The van der Waals surface area contributed by atoms with Crippen LogP contribution in [0, 0.1) is 10.1 Å². The Kier molecular flexibility index (Phi) is 4.93. The van der Waals surface area contributed by atoms with E-state index in [1.165, 1.54) is 18.2 Å². The highest BCUT2D eigenvalue weighted by Crippen LogP contribution is 2.27. The Labute approximate surface area is 137 Å². The van der Waals surface area contributed by atoms with Crippen LogP contribution >= 0.6 is 11.6 Å². The minimum atomic E-state index is -4.88. The highest BCUT2D eigenvalue weighted by molar-refractivity contribution is 6.31. The molecule has 0 fully saturated rings. The second-order valence-electron chi connectivity index (χ2n) is 4.45. The smallest absolute Gasteiger partial charge is 0.406 e. The summed E-state index contributed by atoms with van der Waals surface area (Å²) < 4.78 is 40.3. The maximum Gasteiger partial charge on any atom is 0.573 e. The van der Waals surface area contributed by atoms with Crippen molar-refractivity contribution in [3.8, 4) is 5.75 Å². The maximum atomic E-state index is 12.2. The number of nitro groups is 1. The van der Waals surface area contributed by atoms with Gasteiger partial charge in [0.15, 0.2) is 0 Å². The number of halogens is 4. The van der Waals surface area contributed by atoms with Crippen LogP contribution in [0.1, 0.15) is 10.4 Å². The van der Waals surface area contributed by atoms with E-state index < -0.39 is 28.6 Å². The molecule has 0 bridgehead atoms. The molecule has 0 saturated carbocycles. The average molecular weight is 361 g/mol. The highest BCUT2D eigenvalue weighted by Gasteiger charge is 2.31. The Morgan fingerprint density at radius 2 is 1.92 bits per heavy atom. The highest BCUT2D eigenvalue weighted by atomic mass is 35.5. The third kappa shape index (κ3) is 4.59. The predicted molar refractivity (Wildman–Crippen MR) is 79.2 cm³/mol. The van der Waals surface area contributed by atoms with Crippen LogP contribution in [0.25, 0.3) is 0 Å². The van der Waals surface area contributed by atoms with Gasteiger partial charge in [-0.05, 0) is 24.3 Å². The molecule has 0 aliphatic carbocycles. The number of anilines is 1. The maximum absolute atomic E-state index is 12.2. The minimum absolute atomic E-state index is 0.0222. The van der Waals surface area contributed by atoms with E-state index in [4.69, 9.17) is 11.6 Å². The lowest BCUT2D eigenvalue weighted by molar-refractivity contribution is -0.385. The summed E-state index contributed by atoms with van der Waals surface area (Å²) in [5.74, 6) is -1.41. The van der Waals surface area contributed by atoms with Crippen LogP contribution in [0.5, 0.6) is 5.75 Å². The first kappa shape index (κ1) is 17.5. The van der Waals surface area contributed by atoms with Gasteiger partial charge in [-0.1, -0.05) is 17.7 Å². The van der Waals surface area contributed by atoms with Crippen LogP contribution in [0.15, 0.2) is 42.5 Å². The van der Waals surface area contributed by atoms with Crippen LogP contribution < -0.4 is 10.1 Å². The molecular formula is C14H8ClF3N2O4. The summed E-state index contributed by atoms with van der Waals surface area (Å²) in [7, 11) is 0. The van der Waals surface area contributed by atoms with Crippen molar-refractivity contribution >= 4 is 28.9 Å². The Morgan fingerprint density at radius 1 is 1.21 bits per heavy atom. The molecule has 1 N–H and O–H groups in total. The quantitative estimate of drug-likeness (QED) is 0.647. The average Bonchev–Trinajstić information content (AvgIpc) is 2.45.